The molecule has 0 aliphatic carbocycles. The first-order chi connectivity index (χ1) is 16.2. The zero-order chi connectivity index (χ0) is 22.6. The molecule has 0 saturated carbocycles. The van der Waals surface area contributed by atoms with E-state index in [4.69, 9.17) is 9.47 Å². The van der Waals surface area contributed by atoms with Crippen molar-refractivity contribution in [1.82, 2.24) is 19.6 Å². The zero-order valence-electron chi connectivity index (χ0n) is 18.5. The van der Waals surface area contributed by atoms with E-state index in [1.807, 2.05) is 46.0 Å². The van der Waals surface area contributed by atoms with Crippen molar-refractivity contribution in [3.8, 4) is 5.75 Å². The number of pyridine rings is 1. The number of carbonyl (C=O) groups excluding carboxylic acids is 2. The molecule has 0 spiro atoms. The van der Waals surface area contributed by atoms with Gasteiger partial charge in [0.1, 0.15) is 17.5 Å². The van der Waals surface area contributed by atoms with Crippen LogP contribution in [-0.2, 0) is 16.1 Å². The summed E-state index contributed by atoms with van der Waals surface area (Å²) >= 11 is 0. The summed E-state index contributed by atoms with van der Waals surface area (Å²) in [7, 11) is 0. The maximum Gasteiger partial charge on any atom is 0.251 e. The molecule has 2 saturated heterocycles. The van der Waals surface area contributed by atoms with Gasteiger partial charge in [-0.2, -0.15) is 0 Å². The van der Waals surface area contributed by atoms with Gasteiger partial charge in [-0.3, -0.25) is 9.59 Å². The van der Waals surface area contributed by atoms with E-state index in [0.717, 1.165) is 37.0 Å². The van der Waals surface area contributed by atoms with Gasteiger partial charge in [0.2, 0.25) is 5.91 Å². The van der Waals surface area contributed by atoms with Crippen LogP contribution >= 0.6 is 0 Å². The van der Waals surface area contributed by atoms with E-state index in [1.165, 1.54) is 0 Å². The van der Waals surface area contributed by atoms with Crippen LogP contribution in [0.5, 0.6) is 5.75 Å². The number of ether oxygens (including phenoxy) is 2. The summed E-state index contributed by atoms with van der Waals surface area (Å²) < 4.78 is 13.4. The van der Waals surface area contributed by atoms with Crippen LogP contribution in [0.2, 0.25) is 0 Å². The highest BCUT2D eigenvalue weighted by atomic mass is 16.5. The van der Waals surface area contributed by atoms with Gasteiger partial charge in [-0.1, -0.05) is 0 Å². The number of hydrogen-bond donors (Lipinski definition) is 1. The summed E-state index contributed by atoms with van der Waals surface area (Å²) in [5.74, 6) is 0.876. The van der Waals surface area contributed by atoms with Gasteiger partial charge in [-0.25, -0.2) is 4.98 Å². The Hall–Kier alpha value is -3.39. The Balaban J connectivity index is 1.11. The summed E-state index contributed by atoms with van der Waals surface area (Å²) in [6, 6.07) is 11.1. The third-order valence-corrected chi connectivity index (χ3v) is 6.36. The van der Waals surface area contributed by atoms with Gasteiger partial charge >= 0.3 is 0 Å². The minimum Gasteiger partial charge on any atom is -0.489 e. The van der Waals surface area contributed by atoms with E-state index in [2.05, 4.69) is 10.3 Å². The van der Waals surface area contributed by atoms with Crippen LogP contribution in [0, 0.1) is 5.92 Å². The lowest BCUT2D eigenvalue weighted by Gasteiger charge is -2.26. The number of amides is 2. The van der Waals surface area contributed by atoms with Gasteiger partial charge in [0.15, 0.2) is 0 Å². The van der Waals surface area contributed by atoms with Gasteiger partial charge in [-0.05, 0) is 54.8 Å². The molecule has 2 aromatic heterocycles. The summed E-state index contributed by atoms with van der Waals surface area (Å²) in [6.45, 7) is 3.11. The van der Waals surface area contributed by atoms with Gasteiger partial charge in [-0.15, -0.1) is 0 Å². The molecule has 1 aromatic carbocycles. The highest BCUT2D eigenvalue weighted by Gasteiger charge is 2.32. The van der Waals surface area contributed by atoms with E-state index in [0.29, 0.717) is 37.6 Å². The normalized spacial score (nSPS) is 19.0. The largest absolute Gasteiger partial charge is 0.489 e. The molecule has 0 unspecified atom stereocenters. The Morgan fingerprint density at radius 2 is 1.91 bits per heavy atom. The topological polar surface area (TPSA) is 85.2 Å². The Morgan fingerprint density at radius 3 is 2.73 bits per heavy atom. The first-order valence-electron chi connectivity index (χ1n) is 11.5. The zero-order valence-corrected chi connectivity index (χ0v) is 18.5. The molecule has 2 fully saturated rings. The second-order valence-electron chi connectivity index (χ2n) is 8.63. The first kappa shape index (κ1) is 21.5. The number of rotatable bonds is 6. The van der Waals surface area contributed by atoms with Crippen LogP contribution in [0.15, 0.2) is 55.0 Å². The van der Waals surface area contributed by atoms with Crippen molar-refractivity contribution in [2.24, 2.45) is 5.92 Å². The number of nitrogens with one attached hydrogen (secondary N) is 1. The molecule has 8 heteroatoms. The third kappa shape index (κ3) is 5.01. The fourth-order valence-corrected chi connectivity index (χ4v) is 4.45. The van der Waals surface area contributed by atoms with Crippen LogP contribution in [0.1, 0.15) is 35.2 Å². The van der Waals surface area contributed by atoms with Crippen molar-refractivity contribution in [3.05, 3.63) is 66.1 Å². The van der Waals surface area contributed by atoms with E-state index in [-0.39, 0.29) is 23.8 Å². The summed E-state index contributed by atoms with van der Waals surface area (Å²) in [6.07, 6.45) is 7.97. The SMILES string of the molecule is O=C(NCc1ccn2ccnc2c1)c1ccc(O[C@H]2CCN(C(=O)C3CCOCC3)C2)cc1. The number of carbonyl (C=O) groups is 2. The van der Waals surface area contributed by atoms with E-state index < -0.39 is 0 Å². The molecule has 8 nitrogen and oxygen atoms in total. The highest BCUT2D eigenvalue weighted by Crippen LogP contribution is 2.23. The Labute approximate surface area is 192 Å². The molecular formula is C25H28N4O4. The fraction of sp³-hybridized carbons (Fsp3) is 0.400. The van der Waals surface area contributed by atoms with Crippen molar-refractivity contribution < 1.29 is 19.1 Å². The highest BCUT2D eigenvalue weighted by molar-refractivity contribution is 5.94. The lowest BCUT2D eigenvalue weighted by molar-refractivity contribution is -0.137. The number of benzene rings is 1. The van der Waals surface area contributed by atoms with Gasteiger partial charge < -0.3 is 24.1 Å². The molecule has 3 aromatic rings. The average Bonchev–Trinajstić information content (AvgIpc) is 3.52. The molecule has 0 radical (unpaired) electrons. The van der Waals surface area contributed by atoms with Crippen molar-refractivity contribution >= 4 is 17.5 Å². The molecule has 4 heterocycles. The Bertz CT molecular complexity index is 1120. The van der Waals surface area contributed by atoms with Crippen molar-refractivity contribution in [2.75, 3.05) is 26.3 Å². The maximum atomic E-state index is 12.7. The van der Waals surface area contributed by atoms with Crippen molar-refractivity contribution in [2.45, 2.75) is 31.9 Å². The monoisotopic (exact) mass is 448 g/mol. The van der Waals surface area contributed by atoms with E-state index >= 15 is 0 Å². The predicted molar refractivity (Wildman–Crippen MR) is 122 cm³/mol. The first-order valence-corrected chi connectivity index (χ1v) is 11.5. The summed E-state index contributed by atoms with van der Waals surface area (Å²) in [5.41, 5.74) is 2.42. The molecule has 5 rings (SSSR count). The lowest BCUT2D eigenvalue weighted by atomic mass is 9.99. The van der Waals surface area contributed by atoms with E-state index in [9.17, 15) is 9.59 Å². The fourth-order valence-electron chi connectivity index (χ4n) is 4.45. The van der Waals surface area contributed by atoms with Gasteiger partial charge in [0.05, 0.1) is 6.54 Å². The number of hydrogen-bond acceptors (Lipinski definition) is 5. The Morgan fingerprint density at radius 1 is 1.09 bits per heavy atom. The minimum atomic E-state index is -0.140. The Kier molecular flexibility index (Phi) is 6.26. The molecule has 172 valence electrons. The quantitative estimate of drug-likeness (QED) is 0.627. The van der Waals surface area contributed by atoms with Crippen molar-refractivity contribution in [3.63, 3.8) is 0 Å². The van der Waals surface area contributed by atoms with Crippen LogP contribution < -0.4 is 10.1 Å². The number of fused-ring (bicyclic) bond motifs is 1. The van der Waals surface area contributed by atoms with Gasteiger partial charge in [0, 0.05) is 62.8 Å². The van der Waals surface area contributed by atoms with Crippen LogP contribution in [0.4, 0.5) is 0 Å². The molecule has 1 N–H and O–H groups in total. The number of aromatic nitrogens is 2. The van der Waals surface area contributed by atoms with Crippen LogP contribution in [0.25, 0.3) is 5.65 Å². The molecule has 2 aliphatic heterocycles. The molecule has 33 heavy (non-hydrogen) atoms. The molecule has 2 amide bonds. The summed E-state index contributed by atoms with van der Waals surface area (Å²) in [5, 5.41) is 2.94. The maximum absolute atomic E-state index is 12.7. The smallest absolute Gasteiger partial charge is 0.251 e. The number of nitrogens with zero attached hydrogens (tertiary/aromatic N) is 3. The minimum absolute atomic E-state index is 0.0222. The number of likely N-dealkylation sites (tertiary alicyclic amines) is 1. The molecule has 2 aliphatic rings. The van der Waals surface area contributed by atoms with Crippen LogP contribution in [-0.4, -0.2) is 58.5 Å². The van der Waals surface area contributed by atoms with Gasteiger partial charge in [0.25, 0.3) is 5.91 Å². The van der Waals surface area contributed by atoms with Crippen molar-refractivity contribution in [1.29, 1.82) is 0 Å². The predicted octanol–water partition coefficient (Wildman–Crippen LogP) is 2.67. The van der Waals surface area contributed by atoms with E-state index in [1.54, 1.807) is 18.3 Å². The standard InChI is InChI=1S/C25H28N4O4/c30-24(27-16-18-5-10-28-12-9-26-23(28)15-18)19-1-3-21(4-2-19)33-22-6-11-29(17-22)25(31)20-7-13-32-14-8-20/h1-5,9-10,12,15,20,22H,6-8,11,13-14,16-17H2,(H,27,30)/t22-/m0/s1. The second-order valence-corrected chi connectivity index (χ2v) is 8.63. The van der Waals surface area contributed by atoms with Crippen LogP contribution in [0.3, 0.4) is 0 Å². The lowest BCUT2D eigenvalue weighted by Crippen LogP contribution is -2.38. The number of imidazole rings is 1. The molecule has 0 bridgehead atoms. The molecule has 1 atom stereocenters. The average molecular weight is 449 g/mol. The summed E-state index contributed by atoms with van der Waals surface area (Å²) in [4.78, 5) is 31.4. The second kappa shape index (κ2) is 9.62. The third-order valence-electron chi connectivity index (χ3n) is 6.36. The molecular weight excluding hydrogens is 420 g/mol.